The third-order valence-electron chi connectivity index (χ3n) is 4.61. The number of hydrogen-bond acceptors (Lipinski definition) is 6. The van der Waals surface area contributed by atoms with Gasteiger partial charge in [-0.15, -0.1) is 0 Å². The molecule has 148 valence electrons. The van der Waals surface area contributed by atoms with Gasteiger partial charge in [0.1, 0.15) is 11.4 Å². The summed E-state index contributed by atoms with van der Waals surface area (Å²) < 4.78 is 5.08. The fraction of sp³-hybridized carbons (Fsp3) is 0.333. The minimum Gasteiger partial charge on any atom is -0.469 e. The number of carbonyl (C=O) groups is 2. The number of benzene rings is 1. The second kappa shape index (κ2) is 8.30. The highest BCUT2D eigenvalue weighted by atomic mass is 35.5. The fourth-order valence-electron chi connectivity index (χ4n) is 3.09. The minimum absolute atomic E-state index is 0.0602. The highest BCUT2D eigenvalue weighted by Crippen LogP contribution is 2.31. The van der Waals surface area contributed by atoms with Crippen molar-refractivity contribution in [2.45, 2.75) is 6.92 Å². The van der Waals surface area contributed by atoms with Crippen LogP contribution in [0.4, 0.5) is 11.4 Å². The molecule has 0 saturated carbocycles. The van der Waals surface area contributed by atoms with Crippen LogP contribution in [0, 0.1) is 17.0 Å². The fourth-order valence-corrected chi connectivity index (χ4v) is 3.26. The van der Waals surface area contributed by atoms with Crippen molar-refractivity contribution in [2.24, 2.45) is 0 Å². The summed E-state index contributed by atoms with van der Waals surface area (Å²) in [6.07, 6.45) is 1.42. The summed E-state index contributed by atoms with van der Waals surface area (Å²) in [5.41, 5.74) is 0.813. The molecule has 3 rings (SSSR count). The SMILES string of the molecule is Cc1occc1C(=O)NCC(=O)N1CCN(c2ccc(Cl)cc2[N+](=O)[O-])CC1. The maximum absolute atomic E-state index is 12.4. The largest absolute Gasteiger partial charge is 0.469 e. The number of aryl methyl sites for hydroxylation is 1. The lowest BCUT2D eigenvalue weighted by molar-refractivity contribution is -0.384. The summed E-state index contributed by atoms with van der Waals surface area (Å²) in [7, 11) is 0. The Morgan fingerprint density at radius 1 is 1.25 bits per heavy atom. The summed E-state index contributed by atoms with van der Waals surface area (Å²) in [5, 5.41) is 14.2. The first kappa shape index (κ1) is 19.7. The molecule has 10 heteroatoms. The second-order valence-electron chi connectivity index (χ2n) is 6.33. The molecule has 2 heterocycles. The summed E-state index contributed by atoms with van der Waals surface area (Å²) in [4.78, 5) is 38.7. The quantitative estimate of drug-likeness (QED) is 0.602. The van der Waals surface area contributed by atoms with E-state index in [1.165, 1.54) is 12.3 Å². The van der Waals surface area contributed by atoms with Crippen molar-refractivity contribution in [3.63, 3.8) is 0 Å². The van der Waals surface area contributed by atoms with Gasteiger partial charge in [-0.2, -0.15) is 0 Å². The van der Waals surface area contributed by atoms with Crippen molar-refractivity contribution in [1.29, 1.82) is 0 Å². The number of furan rings is 1. The van der Waals surface area contributed by atoms with E-state index in [0.29, 0.717) is 48.2 Å². The monoisotopic (exact) mass is 406 g/mol. The van der Waals surface area contributed by atoms with Crippen LogP contribution in [-0.2, 0) is 4.79 Å². The van der Waals surface area contributed by atoms with Gasteiger partial charge >= 0.3 is 0 Å². The number of halogens is 1. The van der Waals surface area contributed by atoms with E-state index in [9.17, 15) is 19.7 Å². The molecule has 1 aliphatic rings. The van der Waals surface area contributed by atoms with Gasteiger partial charge in [0, 0.05) is 37.3 Å². The molecule has 28 heavy (non-hydrogen) atoms. The molecule has 1 saturated heterocycles. The smallest absolute Gasteiger partial charge is 0.294 e. The Kier molecular flexibility index (Phi) is 5.84. The summed E-state index contributed by atoms with van der Waals surface area (Å²) >= 11 is 5.86. The van der Waals surface area contributed by atoms with Gasteiger partial charge in [-0.25, -0.2) is 0 Å². The Hall–Kier alpha value is -3.07. The lowest BCUT2D eigenvalue weighted by atomic mass is 10.2. The molecule has 1 aliphatic heterocycles. The molecule has 0 unspecified atom stereocenters. The molecule has 0 radical (unpaired) electrons. The van der Waals surface area contributed by atoms with E-state index in [0.717, 1.165) is 0 Å². The van der Waals surface area contributed by atoms with Crippen molar-refractivity contribution in [3.8, 4) is 0 Å². The van der Waals surface area contributed by atoms with Gasteiger partial charge in [-0.3, -0.25) is 19.7 Å². The summed E-state index contributed by atoms with van der Waals surface area (Å²) in [6, 6.07) is 6.09. The van der Waals surface area contributed by atoms with Crippen molar-refractivity contribution >= 4 is 34.8 Å². The van der Waals surface area contributed by atoms with Gasteiger partial charge in [0.25, 0.3) is 11.6 Å². The van der Waals surface area contributed by atoms with E-state index in [4.69, 9.17) is 16.0 Å². The van der Waals surface area contributed by atoms with Gasteiger partial charge < -0.3 is 19.5 Å². The molecule has 0 atom stereocenters. The second-order valence-corrected chi connectivity index (χ2v) is 6.77. The molecule has 0 spiro atoms. The zero-order valence-corrected chi connectivity index (χ0v) is 15.9. The maximum atomic E-state index is 12.4. The summed E-state index contributed by atoms with van der Waals surface area (Å²) in [5.74, 6) is -0.0853. The molecule has 0 aliphatic carbocycles. The Morgan fingerprint density at radius 3 is 2.57 bits per heavy atom. The van der Waals surface area contributed by atoms with Crippen molar-refractivity contribution in [2.75, 3.05) is 37.6 Å². The van der Waals surface area contributed by atoms with E-state index in [-0.39, 0.29) is 24.0 Å². The van der Waals surface area contributed by atoms with Crippen molar-refractivity contribution < 1.29 is 18.9 Å². The first-order chi connectivity index (χ1) is 13.4. The van der Waals surface area contributed by atoms with Crippen LogP contribution in [0.2, 0.25) is 5.02 Å². The van der Waals surface area contributed by atoms with Gasteiger partial charge in [-0.05, 0) is 25.1 Å². The third-order valence-corrected chi connectivity index (χ3v) is 4.85. The zero-order valence-electron chi connectivity index (χ0n) is 15.2. The van der Waals surface area contributed by atoms with E-state index in [2.05, 4.69) is 5.32 Å². The van der Waals surface area contributed by atoms with Crippen LogP contribution in [0.25, 0.3) is 0 Å². The van der Waals surface area contributed by atoms with Crippen molar-refractivity contribution in [3.05, 3.63) is 57.0 Å². The first-order valence-electron chi connectivity index (χ1n) is 8.66. The number of nitrogens with one attached hydrogen (secondary N) is 1. The number of carbonyl (C=O) groups excluding carboxylic acids is 2. The van der Waals surface area contributed by atoms with E-state index >= 15 is 0 Å². The van der Waals surface area contributed by atoms with E-state index in [1.807, 2.05) is 4.90 Å². The molecule has 2 amide bonds. The number of nitrogens with zero attached hydrogens (tertiary/aromatic N) is 3. The molecule has 1 aromatic carbocycles. The standard InChI is InChI=1S/C18H19ClN4O5/c1-12-14(4-9-28-12)18(25)20-11-17(24)22-7-5-21(6-8-22)15-3-2-13(19)10-16(15)23(26)27/h2-4,9-10H,5-8,11H2,1H3,(H,20,25). The average molecular weight is 407 g/mol. The lowest BCUT2D eigenvalue weighted by Crippen LogP contribution is -2.51. The number of nitro benzene ring substituents is 1. The normalized spacial score (nSPS) is 14.1. The number of anilines is 1. The molecular formula is C18H19ClN4O5. The average Bonchev–Trinajstić information content (AvgIpc) is 3.12. The highest BCUT2D eigenvalue weighted by Gasteiger charge is 2.26. The number of rotatable bonds is 5. The van der Waals surface area contributed by atoms with E-state index < -0.39 is 4.92 Å². The highest BCUT2D eigenvalue weighted by molar-refractivity contribution is 6.30. The van der Waals surface area contributed by atoms with Crippen LogP contribution in [-0.4, -0.2) is 54.4 Å². The molecule has 0 bridgehead atoms. The van der Waals surface area contributed by atoms with Crippen LogP contribution >= 0.6 is 11.6 Å². The Bertz CT molecular complexity index is 905. The third kappa shape index (κ3) is 4.25. The molecular weight excluding hydrogens is 388 g/mol. The van der Waals surface area contributed by atoms with Crippen LogP contribution in [0.3, 0.4) is 0 Å². The van der Waals surface area contributed by atoms with Crippen LogP contribution in [0.1, 0.15) is 16.1 Å². The summed E-state index contributed by atoms with van der Waals surface area (Å²) in [6.45, 7) is 3.25. The van der Waals surface area contributed by atoms with Crippen LogP contribution < -0.4 is 10.2 Å². The number of nitro groups is 1. The van der Waals surface area contributed by atoms with Gasteiger partial charge in [0.2, 0.25) is 5.91 Å². The molecule has 1 N–H and O–H groups in total. The topological polar surface area (TPSA) is 109 Å². The maximum Gasteiger partial charge on any atom is 0.294 e. The number of hydrogen-bond donors (Lipinski definition) is 1. The Labute approximate surface area is 166 Å². The lowest BCUT2D eigenvalue weighted by Gasteiger charge is -2.35. The molecule has 1 aromatic heterocycles. The first-order valence-corrected chi connectivity index (χ1v) is 9.03. The Morgan fingerprint density at radius 2 is 1.96 bits per heavy atom. The number of piperazine rings is 1. The molecule has 9 nitrogen and oxygen atoms in total. The van der Waals surface area contributed by atoms with Crippen LogP contribution in [0.5, 0.6) is 0 Å². The van der Waals surface area contributed by atoms with Gasteiger partial charge in [0.05, 0.1) is 23.3 Å². The Balaban J connectivity index is 1.55. The number of amides is 2. The minimum atomic E-state index is -0.466. The van der Waals surface area contributed by atoms with Gasteiger partial charge in [0.15, 0.2) is 0 Å². The van der Waals surface area contributed by atoms with Crippen molar-refractivity contribution in [1.82, 2.24) is 10.2 Å². The molecule has 2 aromatic rings. The predicted octanol–water partition coefficient (Wildman–Crippen LogP) is 2.23. The van der Waals surface area contributed by atoms with Crippen LogP contribution in [0.15, 0.2) is 34.9 Å². The molecule has 1 fully saturated rings. The van der Waals surface area contributed by atoms with E-state index in [1.54, 1.807) is 30.0 Å². The predicted molar refractivity (Wildman–Crippen MR) is 103 cm³/mol. The van der Waals surface area contributed by atoms with Gasteiger partial charge in [-0.1, -0.05) is 11.6 Å². The zero-order chi connectivity index (χ0) is 20.3.